The Hall–Kier alpha value is -3.33. The molecule has 0 bridgehead atoms. The van der Waals surface area contributed by atoms with E-state index >= 15 is 0 Å². The number of morpholine rings is 1. The molecule has 0 aliphatic carbocycles. The number of carbonyl (C=O) groups is 1. The van der Waals surface area contributed by atoms with Gasteiger partial charge in [0.2, 0.25) is 5.91 Å². The van der Waals surface area contributed by atoms with E-state index in [1.165, 1.54) is 0 Å². The molecular weight excluding hydrogens is 454 g/mol. The molecular formula is C28H33N5O3. The Morgan fingerprint density at radius 2 is 1.92 bits per heavy atom. The summed E-state index contributed by atoms with van der Waals surface area (Å²) >= 11 is 0. The minimum atomic E-state index is -0.0293. The molecule has 2 saturated heterocycles. The number of anilines is 2. The Morgan fingerprint density at radius 3 is 2.72 bits per heavy atom. The van der Waals surface area contributed by atoms with Crippen molar-refractivity contribution >= 4 is 17.4 Å². The lowest BCUT2D eigenvalue weighted by molar-refractivity contribution is -0.120. The zero-order chi connectivity index (χ0) is 24.9. The van der Waals surface area contributed by atoms with E-state index < -0.39 is 0 Å². The number of nitrogens with zero attached hydrogens (tertiary/aromatic N) is 3. The van der Waals surface area contributed by atoms with Gasteiger partial charge in [0, 0.05) is 41.9 Å². The number of amides is 1. The van der Waals surface area contributed by atoms with Crippen LogP contribution >= 0.6 is 0 Å². The highest BCUT2D eigenvalue weighted by atomic mass is 16.5. The number of piperidine rings is 1. The summed E-state index contributed by atoms with van der Waals surface area (Å²) in [5.41, 5.74) is 4.11. The molecule has 8 heteroatoms. The van der Waals surface area contributed by atoms with Crippen molar-refractivity contribution in [3.05, 3.63) is 60.2 Å². The van der Waals surface area contributed by atoms with Crippen molar-refractivity contribution < 1.29 is 14.6 Å². The van der Waals surface area contributed by atoms with Crippen molar-refractivity contribution in [1.29, 1.82) is 0 Å². The van der Waals surface area contributed by atoms with Crippen molar-refractivity contribution in [3.63, 3.8) is 0 Å². The quantitative estimate of drug-likeness (QED) is 0.490. The van der Waals surface area contributed by atoms with Crippen LogP contribution in [-0.2, 0) is 16.1 Å². The number of hydrogen-bond donors (Lipinski definition) is 3. The van der Waals surface area contributed by atoms with E-state index in [-0.39, 0.29) is 24.5 Å². The van der Waals surface area contributed by atoms with Crippen molar-refractivity contribution in [1.82, 2.24) is 15.3 Å². The molecule has 1 amide bonds. The van der Waals surface area contributed by atoms with Crippen LogP contribution in [0.1, 0.15) is 25.3 Å². The van der Waals surface area contributed by atoms with E-state index in [2.05, 4.69) is 22.5 Å². The van der Waals surface area contributed by atoms with Gasteiger partial charge in [-0.25, -0.2) is 9.97 Å². The van der Waals surface area contributed by atoms with E-state index in [0.717, 1.165) is 72.9 Å². The molecule has 0 radical (unpaired) electrons. The van der Waals surface area contributed by atoms with Gasteiger partial charge < -0.3 is 25.4 Å². The topological polar surface area (TPSA) is 99.6 Å². The third-order valence-electron chi connectivity index (χ3n) is 6.78. The molecule has 188 valence electrons. The van der Waals surface area contributed by atoms with Crippen LogP contribution in [0.4, 0.5) is 11.5 Å². The van der Waals surface area contributed by atoms with Crippen LogP contribution in [0.15, 0.2) is 54.6 Å². The Labute approximate surface area is 211 Å². The van der Waals surface area contributed by atoms with Crippen molar-refractivity contribution in [2.75, 3.05) is 43.0 Å². The maximum absolute atomic E-state index is 12.8. The monoisotopic (exact) mass is 487 g/mol. The van der Waals surface area contributed by atoms with E-state index in [4.69, 9.17) is 14.7 Å². The average Bonchev–Trinajstić information content (AvgIpc) is 2.93. The largest absolute Gasteiger partial charge is 0.392 e. The smallest absolute Gasteiger partial charge is 0.227 e. The molecule has 2 aromatic carbocycles. The molecule has 3 heterocycles. The Kier molecular flexibility index (Phi) is 7.55. The Balaban J connectivity index is 1.49. The minimum Gasteiger partial charge on any atom is -0.392 e. The van der Waals surface area contributed by atoms with Gasteiger partial charge in [0.15, 0.2) is 5.82 Å². The number of benzene rings is 2. The highest BCUT2D eigenvalue weighted by molar-refractivity contribution is 5.93. The highest BCUT2D eigenvalue weighted by Gasteiger charge is 2.22. The van der Waals surface area contributed by atoms with Crippen LogP contribution in [0.3, 0.4) is 0 Å². The molecule has 3 aromatic rings. The van der Waals surface area contributed by atoms with Gasteiger partial charge in [0.25, 0.3) is 0 Å². The lowest BCUT2D eigenvalue weighted by Gasteiger charge is -2.32. The lowest BCUT2D eigenvalue weighted by Crippen LogP contribution is -2.41. The normalized spacial score (nSPS) is 18.7. The fraction of sp³-hybridized carbons (Fsp3) is 0.393. The molecule has 2 fully saturated rings. The predicted octanol–water partition coefficient (Wildman–Crippen LogP) is 3.47. The summed E-state index contributed by atoms with van der Waals surface area (Å²) in [7, 11) is 0. The maximum atomic E-state index is 12.8. The fourth-order valence-corrected chi connectivity index (χ4v) is 4.79. The number of ether oxygens (including phenoxy) is 1. The van der Waals surface area contributed by atoms with Crippen molar-refractivity contribution in [3.8, 4) is 22.6 Å². The van der Waals surface area contributed by atoms with Crippen molar-refractivity contribution in [2.45, 2.75) is 32.5 Å². The summed E-state index contributed by atoms with van der Waals surface area (Å²) in [5.74, 6) is 1.52. The number of aliphatic hydroxyl groups excluding tert-OH is 1. The fourth-order valence-electron chi connectivity index (χ4n) is 4.79. The summed E-state index contributed by atoms with van der Waals surface area (Å²) < 4.78 is 5.74. The summed E-state index contributed by atoms with van der Waals surface area (Å²) in [6.07, 6.45) is 1.82. The molecule has 8 nitrogen and oxygen atoms in total. The molecule has 0 spiro atoms. The number of rotatable bonds is 6. The first-order valence-electron chi connectivity index (χ1n) is 12.7. The number of nitrogens with one attached hydrogen (secondary N) is 2. The number of carbonyl (C=O) groups excluding carboxylic acids is 1. The zero-order valence-electron chi connectivity index (χ0n) is 20.6. The summed E-state index contributed by atoms with van der Waals surface area (Å²) in [6, 6.07) is 17.5. The highest BCUT2D eigenvalue weighted by Crippen LogP contribution is 2.29. The third-order valence-corrected chi connectivity index (χ3v) is 6.78. The molecule has 2 aliphatic rings. The predicted molar refractivity (Wildman–Crippen MR) is 141 cm³/mol. The summed E-state index contributed by atoms with van der Waals surface area (Å²) in [5, 5.41) is 16.0. The maximum Gasteiger partial charge on any atom is 0.227 e. The van der Waals surface area contributed by atoms with Gasteiger partial charge in [-0.05, 0) is 56.6 Å². The van der Waals surface area contributed by atoms with Gasteiger partial charge in [-0.3, -0.25) is 4.79 Å². The summed E-state index contributed by atoms with van der Waals surface area (Å²) in [4.78, 5) is 24.9. The van der Waals surface area contributed by atoms with Crippen LogP contribution < -0.4 is 15.5 Å². The molecule has 1 atom stereocenters. The first-order chi connectivity index (χ1) is 17.6. The second kappa shape index (κ2) is 11.2. The third kappa shape index (κ3) is 5.73. The van der Waals surface area contributed by atoms with Gasteiger partial charge in [-0.1, -0.05) is 30.3 Å². The second-order valence-corrected chi connectivity index (χ2v) is 9.52. The Bertz CT molecular complexity index is 1210. The molecule has 3 N–H and O–H groups in total. The van der Waals surface area contributed by atoms with Crippen molar-refractivity contribution in [2.24, 2.45) is 5.92 Å². The lowest BCUT2D eigenvalue weighted by atomic mass is 9.97. The molecule has 0 saturated carbocycles. The number of hydrogen-bond acceptors (Lipinski definition) is 7. The molecule has 5 rings (SSSR count). The zero-order valence-corrected chi connectivity index (χ0v) is 20.6. The summed E-state index contributed by atoms with van der Waals surface area (Å²) in [6.45, 7) is 5.93. The first-order valence-corrected chi connectivity index (χ1v) is 12.7. The van der Waals surface area contributed by atoms with Crippen LogP contribution in [0, 0.1) is 5.92 Å². The Morgan fingerprint density at radius 1 is 1.11 bits per heavy atom. The molecule has 2 aliphatic heterocycles. The standard InChI is InChI=1S/C28H33N5O3/c1-19-17-33(12-13-36-19)26-16-25(22-5-2-4-20(14-22)18-34)31-27(32-26)23-6-3-7-24(15-23)30-28(35)21-8-10-29-11-9-21/h2-7,14-16,19,21,29,34H,8-13,17-18H2,1H3,(H,30,35). The number of aromatic nitrogens is 2. The van der Waals surface area contributed by atoms with E-state index in [1.807, 2.05) is 54.6 Å². The molecule has 1 unspecified atom stereocenters. The number of aliphatic hydroxyl groups is 1. The van der Waals surface area contributed by atoms with E-state index in [9.17, 15) is 9.90 Å². The van der Waals surface area contributed by atoms with Gasteiger partial charge >= 0.3 is 0 Å². The van der Waals surface area contributed by atoms with E-state index in [1.54, 1.807) is 0 Å². The SMILES string of the molecule is CC1CN(c2cc(-c3cccc(CO)c3)nc(-c3cccc(NC(=O)C4CCNCC4)c3)n2)CCO1. The molecule has 36 heavy (non-hydrogen) atoms. The van der Waals surface area contributed by atoms with Crippen LogP contribution in [0.2, 0.25) is 0 Å². The minimum absolute atomic E-state index is 0.0293. The van der Waals surface area contributed by atoms with Gasteiger partial charge in [0.1, 0.15) is 5.82 Å². The van der Waals surface area contributed by atoms with Gasteiger partial charge in [-0.15, -0.1) is 0 Å². The van der Waals surface area contributed by atoms with Crippen LogP contribution in [0.5, 0.6) is 0 Å². The van der Waals surface area contributed by atoms with Gasteiger partial charge in [-0.2, -0.15) is 0 Å². The molecule has 1 aromatic heterocycles. The average molecular weight is 488 g/mol. The van der Waals surface area contributed by atoms with Gasteiger partial charge in [0.05, 0.1) is 25.0 Å². The second-order valence-electron chi connectivity index (χ2n) is 9.52. The first kappa shape index (κ1) is 24.4. The van der Waals surface area contributed by atoms with E-state index in [0.29, 0.717) is 12.4 Å². The van der Waals surface area contributed by atoms with Crippen LogP contribution in [-0.4, -0.2) is 59.9 Å². The van der Waals surface area contributed by atoms with Crippen LogP contribution in [0.25, 0.3) is 22.6 Å².